The van der Waals surface area contributed by atoms with E-state index >= 15 is 0 Å². The molecule has 0 aromatic carbocycles. The topological polar surface area (TPSA) is 95.8 Å². The lowest BCUT2D eigenvalue weighted by Gasteiger charge is -2.35. The predicted octanol–water partition coefficient (Wildman–Crippen LogP) is -0.0939. The third-order valence-electron chi connectivity index (χ3n) is 3.02. The molecule has 6 nitrogen and oxygen atoms in total. The van der Waals surface area contributed by atoms with Crippen LogP contribution in [0.15, 0.2) is 11.1 Å². The summed E-state index contributed by atoms with van der Waals surface area (Å²) < 4.78 is 0. The van der Waals surface area contributed by atoms with E-state index in [2.05, 4.69) is 27.5 Å². The highest BCUT2D eigenvalue weighted by Crippen LogP contribution is 2.23. The van der Waals surface area contributed by atoms with Crippen LogP contribution in [-0.4, -0.2) is 28.6 Å². The van der Waals surface area contributed by atoms with Crippen LogP contribution in [0.5, 0.6) is 0 Å². The van der Waals surface area contributed by atoms with Gasteiger partial charge in [0.2, 0.25) is 0 Å². The van der Waals surface area contributed by atoms with Gasteiger partial charge in [0.05, 0.1) is 6.33 Å². The number of H-pyrrole nitrogens is 1. The number of aromatic nitrogens is 2. The maximum Gasteiger partial charge on any atom is 0.276 e. The van der Waals surface area contributed by atoms with Crippen LogP contribution >= 0.6 is 0 Å². The molecule has 0 spiro atoms. The van der Waals surface area contributed by atoms with Crippen LogP contribution < -0.4 is 21.9 Å². The molecule has 0 bridgehead atoms. The van der Waals surface area contributed by atoms with Crippen molar-refractivity contribution in [2.24, 2.45) is 0 Å². The zero-order valence-electron chi connectivity index (χ0n) is 9.34. The fraction of sp³-hybridized carbons (Fsp3) is 0.600. The molecular formula is C10H17N5O. The molecule has 16 heavy (non-hydrogen) atoms. The van der Waals surface area contributed by atoms with E-state index in [0.717, 1.165) is 25.9 Å². The van der Waals surface area contributed by atoms with Gasteiger partial charge in [0.15, 0.2) is 5.82 Å². The van der Waals surface area contributed by atoms with E-state index in [0.29, 0.717) is 5.82 Å². The van der Waals surface area contributed by atoms with Gasteiger partial charge in [-0.15, -0.1) is 0 Å². The van der Waals surface area contributed by atoms with Gasteiger partial charge in [-0.3, -0.25) is 4.79 Å². The smallest absolute Gasteiger partial charge is 0.276 e. The molecule has 1 aliphatic heterocycles. The summed E-state index contributed by atoms with van der Waals surface area (Å²) in [6, 6.07) is 0. The van der Waals surface area contributed by atoms with Crippen LogP contribution in [0.1, 0.15) is 19.8 Å². The van der Waals surface area contributed by atoms with Crippen molar-refractivity contribution in [1.82, 2.24) is 15.3 Å². The largest absolute Gasteiger partial charge is 0.391 e. The van der Waals surface area contributed by atoms with Gasteiger partial charge >= 0.3 is 0 Å². The van der Waals surface area contributed by atoms with Crippen LogP contribution in [0, 0.1) is 0 Å². The fourth-order valence-electron chi connectivity index (χ4n) is 1.90. The van der Waals surface area contributed by atoms with Crippen LogP contribution in [0.3, 0.4) is 0 Å². The van der Waals surface area contributed by atoms with Crippen molar-refractivity contribution in [2.45, 2.75) is 25.3 Å². The molecular weight excluding hydrogens is 206 g/mol. The molecule has 6 heteroatoms. The first-order valence-electron chi connectivity index (χ1n) is 5.43. The minimum atomic E-state index is -0.296. The summed E-state index contributed by atoms with van der Waals surface area (Å²) in [5, 5.41) is 6.56. The van der Waals surface area contributed by atoms with Crippen molar-refractivity contribution in [1.29, 1.82) is 0 Å². The van der Waals surface area contributed by atoms with Gasteiger partial charge < -0.3 is 21.4 Å². The van der Waals surface area contributed by atoms with Crippen molar-refractivity contribution in [3.05, 3.63) is 16.7 Å². The third kappa shape index (κ3) is 2.16. The average molecular weight is 223 g/mol. The lowest BCUT2D eigenvalue weighted by atomic mass is 9.90. The van der Waals surface area contributed by atoms with Crippen molar-refractivity contribution < 1.29 is 0 Å². The molecule has 1 aromatic heterocycles. The number of rotatable bonds is 2. The molecule has 1 fully saturated rings. The highest BCUT2D eigenvalue weighted by Gasteiger charge is 2.27. The molecule has 1 aliphatic rings. The molecule has 0 atom stereocenters. The van der Waals surface area contributed by atoms with Crippen molar-refractivity contribution in [3.63, 3.8) is 0 Å². The molecule has 0 saturated carbocycles. The maximum atomic E-state index is 11.3. The monoisotopic (exact) mass is 223 g/mol. The first kappa shape index (κ1) is 10.9. The molecule has 2 heterocycles. The SMILES string of the molecule is CC1(Nc2nc[nH]c(=O)c2N)CCNCC1. The molecule has 5 N–H and O–H groups in total. The van der Waals surface area contributed by atoms with E-state index in [-0.39, 0.29) is 16.8 Å². The Hall–Kier alpha value is -1.56. The summed E-state index contributed by atoms with van der Waals surface area (Å²) >= 11 is 0. The normalized spacial score (nSPS) is 19.3. The number of nitrogens with two attached hydrogens (primary N) is 1. The number of hydrogen-bond donors (Lipinski definition) is 4. The first-order valence-corrected chi connectivity index (χ1v) is 5.43. The molecule has 0 radical (unpaired) electrons. The maximum absolute atomic E-state index is 11.3. The van der Waals surface area contributed by atoms with Gasteiger partial charge in [0, 0.05) is 5.54 Å². The summed E-state index contributed by atoms with van der Waals surface area (Å²) in [6.45, 7) is 4.05. The summed E-state index contributed by atoms with van der Waals surface area (Å²) in [5.74, 6) is 0.480. The van der Waals surface area contributed by atoms with E-state index in [1.165, 1.54) is 6.33 Å². The van der Waals surface area contributed by atoms with E-state index in [1.807, 2.05) is 0 Å². The molecule has 88 valence electrons. The third-order valence-corrected chi connectivity index (χ3v) is 3.02. The van der Waals surface area contributed by atoms with Crippen molar-refractivity contribution in [3.8, 4) is 0 Å². The summed E-state index contributed by atoms with van der Waals surface area (Å²) in [6.07, 6.45) is 3.34. The highest BCUT2D eigenvalue weighted by molar-refractivity contribution is 5.60. The second-order valence-corrected chi connectivity index (χ2v) is 4.43. The second kappa shape index (κ2) is 4.13. The number of nitrogens with one attached hydrogen (secondary N) is 3. The molecule has 1 aromatic rings. The zero-order chi connectivity index (χ0) is 11.6. The van der Waals surface area contributed by atoms with Gasteiger partial charge in [-0.2, -0.15) is 0 Å². The fourth-order valence-corrected chi connectivity index (χ4v) is 1.90. The van der Waals surface area contributed by atoms with Crippen LogP contribution in [0.2, 0.25) is 0 Å². The highest BCUT2D eigenvalue weighted by atomic mass is 16.1. The number of aromatic amines is 1. The van der Waals surface area contributed by atoms with Crippen LogP contribution in [0.4, 0.5) is 11.5 Å². The van der Waals surface area contributed by atoms with Gasteiger partial charge in [0.25, 0.3) is 5.56 Å². The Morgan fingerprint density at radius 1 is 1.50 bits per heavy atom. The summed E-state index contributed by atoms with van der Waals surface area (Å²) in [5.41, 5.74) is 5.49. The van der Waals surface area contributed by atoms with E-state index in [9.17, 15) is 4.79 Å². The van der Waals surface area contributed by atoms with Crippen molar-refractivity contribution >= 4 is 11.5 Å². The summed E-state index contributed by atoms with van der Waals surface area (Å²) in [7, 11) is 0. The molecule has 0 unspecified atom stereocenters. The first-order chi connectivity index (χ1) is 7.61. The van der Waals surface area contributed by atoms with Gasteiger partial charge in [-0.25, -0.2) is 4.98 Å². The predicted molar refractivity (Wildman–Crippen MR) is 63.4 cm³/mol. The van der Waals surface area contributed by atoms with Crippen LogP contribution in [0.25, 0.3) is 0 Å². The lowest BCUT2D eigenvalue weighted by Crippen LogP contribution is -2.45. The number of nitrogens with zero attached hydrogens (tertiary/aromatic N) is 1. The van der Waals surface area contributed by atoms with Crippen LogP contribution in [-0.2, 0) is 0 Å². The molecule has 0 amide bonds. The number of hydrogen-bond acceptors (Lipinski definition) is 5. The van der Waals surface area contributed by atoms with Gasteiger partial charge in [0.1, 0.15) is 5.69 Å². The molecule has 1 saturated heterocycles. The second-order valence-electron chi connectivity index (χ2n) is 4.43. The minimum Gasteiger partial charge on any atom is -0.391 e. The number of piperidine rings is 1. The Morgan fingerprint density at radius 2 is 2.19 bits per heavy atom. The Bertz CT molecular complexity index is 421. The van der Waals surface area contributed by atoms with E-state index < -0.39 is 0 Å². The minimum absolute atomic E-state index is 0.0415. The van der Waals surface area contributed by atoms with Gasteiger partial charge in [-0.1, -0.05) is 0 Å². The molecule has 2 rings (SSSR count). The summed E-state index contributed by atoms with van der Waals surface area (Å²) in [4.78, 5) is 17.8. The standard InChI is InChI=1S/C10H17N5O/c1-10(2-4-12-5-3-10)15-8-7(11)9(16)14-6-13-8/h6,12H,2-5,11H2,1H3,(H2,13,14,15,16). The average Bonchev–Trinajstić information content (AvgIpc) is 2.26. The van der Waals surface area contributed by atoms with E-state index in [4.69, 9.17) is 5.73 Å². The quantitative estimate of drug-likeness (QED) is 0.562. The Balaban J connectivity index is 2.19. The Morgan fingerprint density at radius 3 is 2.88 bits per heavy atom. The van der Waals surface area contributed by atoms with E-state index in [1.54, 1.807) is 0 Å². The molecule has 0 aliphatic carbocycles. The Labute approximate surface area is 93.7 Å². The zero-order valence-corrected chi connectivity index (χ0v) is 9.34. The number of nitrogen functional groups attached to an aromatic ring is 1. The lowest BCUT2D eigenvalue weighted by molar-refractivity contribution is 0.364. The van der Waals surface area contributed by atoms with Gasteiger partial charge in [-0.05, 0) is 32.9 Å². The van der Waals surface area contributed by atoms with Crippen molar-refractivity contribution in [2.75, 3.05) is 24.1 Å². The Kier molecular flexibility index (Phi) is 2.82. The number of anilines is 2.